The Bertz CT molecular complexity index is 1440. The molecule has 0 heterocycles. The Labute approximate surface area is 265 Å². The van der Waals surface area contributed by atoms with E-state index in [9.17, 15) is 28.5 Å². The maximum absolute atomic E-state index is 13.5. The summed E-state index contributed by atoms with van der Waals surface area (Å²) in [5.41, 5.74) is 8.51. The summed E-state index contributed by atoms with van der Waals surface area (Å²) < 4.78 is 11.9. The maximum atomic E-state index is 13.5. The van der Waals surface area contributed by atoms with Crippen molar-refractivity contribution in [3.63, 3.8) is 0 Å². The van der Waals surface area contributed by atoms with Crippen molar-refractivity contribution >= 4 is 34.4 Å². The summed E-state index contributed by atoms with van der Waals surface area (Å²) in [6.07, 6.45) is 1.82. The zero-order chi connectivity index (χ0) is 32.8. The number of hydrogen-bond donors (Lipinski definition) is 6. The van der Waals surface area contributed by atoms with Gasteiger partial charge in [-0.2, -0.15) is 0 Å². The van der Waals surface area contributed by atoms with E-state index in [1.165, 1.54) is 18.4 Å². The Morgan fingerprint density at radius 3 is 1.96 bits per heavy atom. The first-order valence-electron chi connectivity index (χ1n) is 14.6. The van der Waals surface area contributed by atoms with Crippen molar-refractivity contribution in [2.75, 3.05) is 18.6 Å². The van der Waals surface area contributed by atoms with Crippen molar-refractivity contribution in [3.8, 4) is 5.75 Å². The molecule has 0 fully saturated rings. The van der Waals surface area contributed by atoms with Crippen molar-refractivity contribution in [2.45, 2.75) is 50.4 Å². The van der Waals surface area contributed by atoms with Crippen molar-refractivity contribution in [1.29, 1.82) is 0 Å². The molecule has 4 amide bonds. The van der Waals surface area contributed by atoms with E-state index in [1.54, 1.807) is 24.3 Å². The molecule has 3 rings (SSSR count). The van der Waals surface area contributed by atoms with E-state index in [0.717, 1.165) is 11.1 Å². The van der Waals surface area contributed by atoms with Crippen LogP contribution >= 0.6 is 0 Å². The number of carbonyl (C=O) groups excluding carboxylic acids is 4. The first kappa shape index (κ1) is 34.9. The molecule has 45 heavy (non-hydrogen) atoms. The third-order valence-corrected chi connectivity index (χ3v) is 7.88. The molecule has 240 valence electrons. The number of nitrogens with one attached hydrogen (secondary N) is 4. The first-order chi connectivity index (χ1) is 21.5. The van der Waals surface area contributed by atoms with Crippen molar-refractivity contribution < 1.29 is 28.5 Å². The van der Waals surface area contributed by atoms with E-state index in [4.69, 9.17) is 5.73 Å². The second kappa shape index (κ2) is 17.7. The molecular weight excluding hydrogens is 594 g/mol. The highest BCUT2D eigenvalue weighted by Crippen LogP contribution is 2.12. The molecule has 0 radical (unpaired) electrons. The Kier molecular flexibility index (Phi) is 13.7. The van der Waals surface area contributed by atoms with Gasteiger partial charge in [0.15, 0.2) is 0 Å². The van der Waals surface area contributed by atoms with Crippen molar-refractivity contribution in [2.24, 2.45) is 5.73 Å². The van der Waals surface area contributed by atoms with Crippen LogP contribution in [0.5, 0.6) is 5.75 Å². The lowest BCUT2D eigenvalue weighted by Gasteiger charge is -2.24. The van der Waals surface area contributed by atoms with Crippen LogP contribution < -0.4 is 27.0 Å². The first-order valence-corrected chi connectivity index (χ1v) is 16.3. The van der Waals surface area contributed by atoms with E-state index < -0.39 is 52.6 Å². The number of aromatic hydroxyl groups is 1. The molecule has 5 atom stereocenters. The van der Waals surface area contributed by atoms with Gasteiger partial charge in [-0.25, -0.2) is 0 Å². The van der Waals surface area contributed by atoms with Gasteiger partial charge in [0.05, 0.1) is 18.6 Å². The molecule has 0 aliphatic rings. The molecule has 0 saturated heterocycles. The van der Waals surface area contributed by atoms with Crippen LogP contribution in [0.3, 0.4) is 0 Å². The molecule has 7 N–H and O–H groups in total. The second-order valence-corrected chi connectivity index (χ2v) is 12.3. The molecule has 0 saturated carbocycles. The largest absolute Gasteiger partial charge is 0.508 e. The Morgan fingerprint density at radius 1 is 0.756 bits per heavy atom. The average Bonchev–Trinajstić information content (AvgIpc) is 3.03. The van der Waals surface area contributed by atoms with Crippen LogP contribution in [0.15, 0.2) is 84.9 Å². The van der Waals surface area contributed by atoms with E-state index in [-0.39, 0.29) is 43.4 Å². The van der Waals surface area contributed by atoms with Gasteiger partial charge in [-0.15, -0.1) is 0 Å². The molecule has 0 spiro atoms. The topological polar surface area (TPSA) is 180 Å². The minimum absolute atomic E-state index is 0.0477. The predicted molar refractivity (Wildman–Crippen MR) is 173 cm³/mol. The molecule has 0 bridgehead atoms. The predicted octanol–water partition coefficient (Wildman–Crippen LogP) is 1.24. The van der Waals surface area contributed by atoms with Gasteiger partial charge in [0.2, 0.25) is 23.6 Å². The number of benzene rings is 3. The van der Waals surface area contributed by atoms with Gasteiger partial charge in [0.25, 0.3) is 0 Å². The van der Waals surface area contributed by atoms with Gasteiger partial charge >= 0.3 is 0 Å². The fraction of sp³-hybridized carbons (Fsp3) is 0.333. The van der Waals surface area contributed by atoms with Crippen molar-refractivity contribution in [3.05, 3.63) is 102 Å². The van der Waals surface area contributed by atoms with Crippen LogP contribution in [0.4, 0.5) is 0 Å². The minimum Gasteiger partial charge on any atom is -0.508 e. The van der Waals surface area contributed by atoms with Crippen LogP contribution in [-0.2, 0) is 42.8 Å². The normalized spacial score (nSPS) is 14.2. The van der Waals surface area contributed by atoms with Crippen LogP contribution in [0, 0.1) is 0 Å². The summed E-state index contributed by atoms with van der Waals surface area (Å²) >= 11 is 0. The molecule has 3 aromatic carbocycles. The third kappa shape index (κ3) is 12.2. The van der Waals surface area contributed by atoms with Gasteiger partial charge < -0.3 is 32.1 Å². The number of nitrogens with two attached hydrogens (primary N) is 1. The fourth-order valence-corrected chi connectivity index (χ4v) is 5.12. The Hall–Kier alpha value is -4.55. The van der Waals surface area contributed by atoms with Crippen LogP contribution in [0.2, 0.25) is 0 Å². The molecular formula is C33H41N5O6S. The van der Waals surface area contributed by atoms with Crippen LogP contribution in [-0.4, -0.2) is 69.6 Å². The van der Waals surface area contributed by atoms with E-state index >= 15 is 0 Å². The summed E-state index contributed by atoms with van der Waals surface area (Å²) in [6.45, 7) is 1.53. The quantitative estimate of drug-likeness (QED) is 0.137. The van der Waals surface area contributed by atoms with Crippen molar-refractivity contribution in [1.82, 2.24) is 21.3 Å². The number of carbonyl (C=O) groups is 4. The fourth-order valence-electron chi connectivity index (χ4n) is 4.55. The van der Waals surface area contributed by atoms with E-state index in [2.05, 4.69) is 21.3 Å². The Balaban J connectivity index is 1.68. The number of amides is 4. The lowest BCUT2D eigenvalue weighted by molar-refractivity contribution is -0.133. The van der Waals surface area contributed by atoms with E-state index in [1.807, 2.05) is 55.5 Å². The zero-order valence-electron chi connectivity index (χ0n) is 25.4. The highest BCUT2D eigenvalue weighted by Gasteiger charge is 2.29. The lowest BCUT2D eigenvalue weighted by Crippen LogP contribution is -2.57. The van der Waals surface area contributed by atoms with Gasteiger partial charge in [-0.05, 0) is 48.6 Å². The molecule has 11 nitrogen and oxygen atoms in total. The van der Waals surface area contributed by atoms with E-state index in [0.29, 0.717) is 5.56 Å². The molecule has 0 aromatic heterocycles. The third-order valence-electron chi connectivity index (χ3n) is 7.07. The zero-order valence-corrected chi connectivity index (χ0v) is 26.2. The average molecular weight is 636 g/mol. The number of hydrogen-bond acceptors (Lipinski definition) is 7. The second-order valence-electron chi connectivity index (χ2n) is 10.8. The summed E-state index contributed by atoms with van der Waals surface area (Å²) in [5, 5.41) is 20.3. The van der Waals surface area contributed by atoms with Crippen LogP contribution in [0.25, 0.3) is 0 Å². The highest BCUT2D eigenvalue weighted by atomic mass is 32.2. The molecule has 3 aromatic rings. The maximum Gasteiger partial charge on any atom is 0.243 e. The standard InChI is InChI=1S/C33H41N5O6S/c1-22(25-11-7-4-8-12-25)36-30(40)21-35-32(42)29(20-23-9-5-3-6-10-23)38-33(43)28(17-18-45(2)44)37-31(41)27(34)19-24-13-15-26(39)16-14-24/h3-16,22,27-29,39H,17-21,34H2,1-2H3,(H,35,42)(H,36,40)(H,37,41)(H,38,43)/t22?,27-,28+,29-,45?/m0/s1. The summed E-state index contributed by atoms with van der Waals surface area (Å²) in [4.78, 5) is 52.4. The highest BCUT2D eigenvalue weighted by molar-refractivity contribution is 7.84. The Morgan fingerprint density at radius 2 is 1.33 bits per heavy atom. The summed E-state index contributed by atoms with van der Waals surface area (Å²) in [6, 6.07) is 21.2. The number of phenolic OH excluding ortho intramolecular Hbond substituents is 1. The molecule has 2 unspecified atom stereocenters. The lowest BCUT2D eigenvalue weighted by atomic mass is 10.0. The monoisotopic (exact) mass is 635 g/mol. The van der Waals surface area contributed by atoms with Gasteiger partial charge in [-0.3, -0.25) is 23.4 Å². The minimum atomic E-state index is -1.25. The molecule has 0 aliphatic heterocycles. The van der Waals surface area contributed by atoms with Gasteiger partial charge in [0.1, 0.15) is 17.8 Å². The molecule has 0 aliphatic carbocycles. The van der Waals surface area contributed by atoms with Crippen LogP contribution in [0.1, 0.15) is 36.1 Å². The SMILES string of the molecule is CC(NC(=O)CNC(=O)[C@H](Cc1ccccc1)NC(=O)[C@@H](CCS(C)=O)NC(=O)[C@@H](N)Cc1ccc(O)cc1)c1ccccc1. The van der Waals surface area contributed by atoms with Gasteiger partial charge in [-0.1, -0.05) is 72.8 Å². The number of rotatable bonds is 16. The molecule has 12 heteroatoms. The number of phenols is 1. The summed E-state index contributed by atoms with van der Waals surface area (Å²) in [5.74, 6) is -2.02. The summed E-state index contributed by atoms with van der Waals surface area (Å²) in [7, 11) is -1.25. The van der Waals surface area contributed by atoms with Gasteiger partial charge in [0, 0.05) is 29.2 Å². The smallest absolute Gasteiger partial charge is 0.243 e.